The predicted octanol–water partition coefficient (Wildman–Crippen LogP) is 3.90. The number of hydrogen-bond acceptors (Lipinski definition) is 4. The Morgan fingerprint density at radius 2 is 1.39 bits per heavy atom. The average molecular weight is 411 g/mol. The molecular formula is C26H26N4O. The van der Waals surface area contributed by atoms with Gasteiger partial charge < -0.3 is 10.2 Å². The minimum atomic E-state index is 0.0972. The zero-order chi connectivity index (χ0) is 21.5. The van der Waals surface area contributed by atoms with E-state index >= 15 is 0 Å². The maximum absolute atomic E-state index is 12.7. The highest BCUT2D eigenvalue weighted by molar-refractivity contribution is 5.81. The summed E-state index contributed by atoms with van der Waals surface area (Å²) in [7, 11) is 0. The number of nitriles is 1. The molecule has 1 aliphatic heterocycles. The summed E-state index contributed by atoms with van der Waals surface area (Å²) in [5.74, 6) is 0.0972. The topological polar surface area (TPSA) is 59.4 Å². The van der Waals surface area contributed by atoms with E-state index in [-0.39, 0.29) is 18.5 Å². The number of nitrogens with one attached hydrogen (secondary N) is 1. The van der Waals surface area contributed by atoms with Crippen molar-refractivity contribution in [3.05, 3.63) is 102 Å². The fraction of sp³-hybridized carbons (Fsp3) is 0.231. The summed E-state index contributed by atoms with van der Waals surface area (Å²) in [6.07, 6.45) is 0. The molecule has 5 heteroatoms. The Bertz CT molecular complexity index is 981. The molecule has 0 bridgehead atoms. The van der Waals surface area contributed by atoms with E-state index in [0.717, 1.165) is 18.8 Å². The average Bonchev–Trinajstić information content (AvgIpc) is 2.85. The van der Waals surface area contributed by atoms with Crippen molar-refractivity contribution in [1.82, 2.24) is 9.80 Å². The molecule has 1 aliphatic rings. The molecule has 5 nitrogen and oxygen atoms in total. The van der Waals surface area contributed by atoms with Gasteiger partial charge in [0.05, 0.1) is 24.2 Å². The lowest BCUT2D eigenvalue weighted by atomic mass is 9.96. The van der Waals surface area contributed by atoms with Crippen LogP contribution >= 0.6 is 0 Å². The minimum absolute atomic E-state index is 0.0972. The molecule has 1 heterocycles. The highest BCUT2D eigenvalue weighted by Crippen LogP contribution is 2.29. The first-order chi connectivity index (χ1) is 15.2. The lowest BCUT2D eigenvalue weighted by Crippen LogP contribution is -2.51. The Hall–Kier alpha value is -3.62. The Labute approximate surface area is 183 Å². The maximum atomic E-state index is 12.7. The molecule has 3 aromatic rings. The van der Waals surface area contributed by atoms with Crippen LogP contribution in [0.15, 0.2) is 84.9 Å². The highest BCUT2D eigenvalue weighted by atomic mass is 16.2. The number of piperazine rings is 1. The highest BCUT2D eigenvalue weighted by Gasteiger charge is 2.27. The van der Waals surface area contributed by atoms with Gasteiger partial charge in [0.25, 0.3) is 0 Å². The zero-order valence-electron chi connectivity index (χ0n) is 17.4. The molecule has 31 heavy (non-hydrogen) atoms. The molecule has 0 unspecified atom stereocenters. The van der Waals surface area contributed by atoms with Crippen LogP contribution in [-0.4, -0.2) is 48.4 Å². The van der Waals surface area contributed by atoms with E-state index in [1.54, 1.807) is 12.1 Å². The van der Waals surface area contributed by atoms with Gasteiger partial charge in [-0.05, 0) is 35.4 Å². The van der Waals surface area contributed by atoms with Gasteiger partial charge in [-0.15, -0.1) is 0 Å². The van der Waals surface area contributed by atoms with E-state index in [2.05, 4.69) is 64.8 Å². The number of amides is 1. The van der Waals surface area contributed by atoms with Gasteiger partial charge in [-0.25, -0.2) is 0 Å². The predicted molar refractivity (Wildman–Crippen MR) is 123 cm³/mol. The van der Waals surface area contributed by atoms with Gasteiger partial charge >= 0.3 is 0 Å². The van der Waals surface area contributed by atoms with Crippen LogP contribution in [0.4, 0.5) is 5.69 Å². The molecule has 3 aromatic carbocycles. The Balaban J connectivity index is 1.37. The van der Waals surface area contributed by atoms with Crippen LogP contribution < -0.4 is 5.32 Å². The second-order valence-corrected chi connectivity index (χ2v) is 7.68. The summed E-state index contributed by atoms with van der Waals surface area (Å²) in [6, 6.07) is 30.6. The van der Waals surface area contributed by atoms with Gasteiger partial charge in [-0.2, -0.15) is 5.26 Å². The Morgan fingerprint density at radius 1 is 0.839 bits per heavy atom. The SMILES string of the molecule is N#Cc1ccc(NCC(=O)N2CCN(C(c3ccccc3)c3ccccc3)CC2)cc1. The van der Waals surface area contributed by atoms with Crippen molar-refractivity contribution in [1.29, 1.82) is 5.26 Å². The summed E-state index contributed by atoms with van der Waals surface area (Å²) < 4.78 is 0. The van der Waals surface area contributed by atoms with Gasteiger partial charge in [0.1, 0.15) is 0 Å². The fourth-order valence-electron chi connectivity index (χ4n) is 4.07. The van der Waals surface area contributed by atoms with Crippen molar-refractivity contribution < 1.29 is 4.79 Å². The second kappa shape index (κ2) is 9.92. The minimum Gasteiger partial charge on any atom is -0.376 e. The van der Waals surface area contributed by atoms with Crippen molar-refractivity contribution in [3.63, 3.8) is 0 Å². The largest absolute Gasteiger partial charge is 0.376 e. The standard InChI is InChI=1S/C26H26N4O/c27-19-21-11-13-24(14-12-21)28-20-25(31)29-15-17-30(18-16-29)26(22-7-3-1-4-8-22)23-9-5-2-6-10-23/h1-14,26,28H,15-18,20H2. The summed E-state index contributed by atoms with van der Waals surface area (Å²) in [5.41, 5.74) is 4.01. The van der Waals surface area contributed by atoms with Crippen molar-refractivity contribution in [2.24, 2.45) is 0 Å². The van der Waals surface area contributed by atoms with Crippen LogP contribution in [0.1, 0.15) is 22.7 Å². The third-order valence-corrected chi connectivity index (χ3v) is 5.72. The molecule has 1 saturated heterocycles. The number of benzene rings is 3. The maximum Gasteiger partial charge on any atom is 0.241 e. The summed E-state index contributed by atoms with van der Waals surface area (Å²) in [4.78, 5) is 17.1. The number of carbonyl (C=O) groups is 1. The number of nitrogens with zero attached hydrogens (tertiary/aromatic N) is 3. The molecule has 0 aromatic heterocycles. The van der Waals surface area contributed by atoms with Gasteiger partial charge in [0.2, 0.25) is 5.91 Å². The van der Waals surface area contributed by atoms with E-state index in [1.807, 2.05) is 29.2 Å². The Kier molecular flexibility index (Phi) is 6.61. The van der Waals surface area contributed by atoms with Crippen molar-refractivity contribution in [3.8, 4) is 6.07 Å². The number of hydrogen-bond donors (Lipinski definition) is 1. The molecular weight excluding hydrogens is 384 g/mol. The molecule has 0 radical (unpaired) electrons. The van der Waals surface area contributed by atoms with Gasteiger partial charge in [0, 0.05) is 31.9 Å². The summed E-state index contributed by atoms with van der Waals surface area (Å²) in [6.45, 7) is 3.34. The molecule has 156 valence electrons. The van der Waals surface area contributed by atoms with Crippen LogP contribution in [0.25, 0.3) is 0 Å². The Morgan fingerprint density at radius 3 is 1.90 bits per heavy atom. The molecule has 1 amide bonds. The molecule has 0 aliphatic carbocycles. The van der Waals surface area contributed by atoms with E-state index in [4.69, 9.17) is 5.26 Å². The lowest BCUT2D eigenvalue weighted by Gasteiger charge is -2.39. The normalized spacial score (nSPS) is 14.3. The summed E-state index contributed by atoms with van der Waals surface area (Å²) >= 11 is 0. The fourth-order valence-corrected chi connectivity index (χ4v) is 4.07. The van der Waals surface area contributed by atoms with Gasteiger partial charge in [-0.3, -0.25) is 9.69 Å². The number of rotatable bonds is 6. The van der Waals surface area contributed by atoms with Crippen LogP contribution in [0, 0.1) is 11.3 Å². The number of anilines is 1. The third kappa shape index (κ3) is 5.11. The van der Waals surface area contributed by atoms with Gasteiger partial charge in [0.15, 0.2) is 0 Å². The first kappa shape index (κ1) is 20.6. The number of carbonyl (C=O) groups excluding carboxylic acids is 1. The van der Waals surface area contributed by atoms with E-state index in [0.29, 0.717) is 18.7 Å². The van der Waals surface area contributed by atoms with Crippen molar-refractivity contribution >= 4 is 11.6 Å². The quantitative estimate of drug-likeness (QED) is 0.670. The molecule has 1 N–H and O–H groups in total. The molecule has 4 rings (SSSR count). The van der Waals surface area contributed by atoms with Crippen molar-refractivity contribution in [2.45, 2.75) is 6.04 Å². The van der Waals surface area contributed by atoms with Crippen molar-refractivity contribution in [2.75, 3.05) is 38.0 Å². The van der Waals surface area contributed by atoms with Gasteiger partial charge in [-0.1, -0.05) is 60.7 Å². The van der Waals surface area contributed by atoms with E-state index < -0.39 is 0 Å². The van der Waals surface area contributed by atoms with Crippen LogP contribution in [0.3, 0.4) is 0 Å². The van der Waals surface area contributed by atoms with E-state index in [1.165, 1.54) is 11.1 Å². The monoisotopic (exact) mass is 410 g/mol. The molecule has 0 spiro atoms. The summed E-state index contributed by atoms with van der Waals surface area (Å²) in [5, 5.41) is 12.1. The molecule has 1 fully saturated rings. The first-order valence-corrected chi connectivity index (χ1v) is 10.6. The lowest BCUT2D eigenvalue weighted by molar-refractivity contribution is -0.131. The van der Waals surface area contributed by atoms with Crippen LogP contribution in [-0.2, 0) is 4.79 Å². The molecule has 0 atom stereocenters. The second-order valence-electron chi connectivity index (χ2n) is 7.68. The zero-order valence-corrected chi connectivity index (χ0v) is 17.4. The third-order valence-electron chi connectivity index (χ3n) is 5.72. The smallest absolute Gasteiger partial charge is 0.241 e. The van der Waals surface area contributed by atoms with E-state index in [9.17, 15) is 4.79 Å². The van der Waals surface area contributed by atoms with Crippen LogP contribution in [0.5, 0.6) is 0 Å². The molecule has 0 saturated carbocycles. The van der Waals surface area contributed by atoms with Crippen LogP contribution in [0.2, 0.25) is 0 Å². The first-order valence-electron chi connectivity index (χ1n) is 10.6.